The van der Waals surface area contributed by atoms with Gasteiger partial charge in [-0.3, -0.25) is 4.79 Å². The Bertz CT molecular complexity index is 629. The Morgan fingerprint density at radius 3 is 2.62 bits per heavy atom. The number of aliphatic carboxylic acids is 1. The molecule has 0 saturated carbocycles. The van der Waals surface area contributed by atoms with Crippen molar-refractivity contribution in [2.75, 3.05) is 0 Å². The second-order valence-electron chi connectivity index (χ2n) is 4.79. The van der Waals surface area contributed by atoms with Crippen molar-refractivity contribution in [1.29, 1.82) is 5.26 Å². The van der Waals surface area contributed by atoms with Crippen LogP contribution in [0.15, 0.2) is 41.8 Å². The van der Waals surface area contributed by atoms with Crippen LogP contribution in [0.4, 0.5) is 0 Å². The van der Waals surface area contributed by atoms with Crippen LogP contribution in [-0.2, 0) is 4.79 Å². The van der Waals surface area contributed by atoms with Crippen molar-refractivity contribution in [3.63, 3.8) is 0 Å². The topological polar surface area (TPSA) is 73.1 Å². The molecule has 108 valence electrons. The molecule has 2 aromatic rings. The van der Waals surface area contributed by atoms with Gasteiger partial charge >= 0.3 is 5.97 Å². The number of hydrogen-bond donors (Lipinski definition) is 2. The summed E-state index contributed by atoms with van der Waals surface area (Å²) in [6.45, 7) is 1.99. The quantitative estimate of drug-likeness (QED) is 0.856. The average molecular weight is 300 g/mol. The number of carboxylic acid groups (broad SMARTS) is 1. The molecule has 0 radical (unpaired) electrons. The third-order valence-electron chi connectivity index (χ3n) is 3.26. The van der Waals surface area contributed by atoms with Crippen molar-refractivity contribution in [3.8, 4) is 6.07 Å². The van der Waals surface area contributed by atoms with Gasteiger partial charge in [-0.1, -0.05) is 18.2 Å². The van der Waals surface area contributed by atoms with Crippen molar-refractivity contribution in [3.05, 3.63) is 57.8 Å². The van der Waals surface area contributed by atoms with Crippen LogP contribution in [-0.4, -0.2) is 11.1 Å². The second-order valence-corrected chi connectivity index (χ2v) is 5.77. The lowest BCUT2D eigenvalue weighted by molar-refractivity contribution is -0.137. The van der Waals surface area contributed by atoms with Gasteiger partial charge in [0.2, 0.25) is 0 Å². The minimum atomic E-state index is -0.826. The maximum Gasteiger partial charge on any atom is 0.305 e. The van der Waals surface area contributed by atoms with Crippen LogP contribution in [0, 0.1) is 11.3 Å². The van der Waals surface area contributed by atoms with Gasteiger partial charge < -0.3 is 10.4 Å². The molecule has 5 heteroatoms. The van der Waals surface area contributed by atoms with Gasteiger partial charge in [-0.05, 0) is 36.1 Å². The molecular formula is C16H16N2O2S. The SMILES string of the molecule is CC(NC(CC(=O)O)c1cccs1)c1ccc(C#N)cc1. The van der Waals surface area contributed by atoms with E-state index in [9.17, 15) is 4.79 Å². The Morgan fingerprint density at radius 1 is 1.38 bits per heavy atom. The van der Waals surface area contributed by atoms with Crippen LogP contribution in [0.2, 0.25) is 0 Å². The first-order valence-corrected chi connectivity index (χ1v) is 7.49. The van der Waals surface area contributed by atoms with E-state index in [4.69, 9.17) is 10.4 Å². The van der Waals surface area contributed by atoms with E-state index in [2.05, 4.69) is 11.4 Å². The fraction of sp³-hybridized carbons (Fsp3) is 0.250. The molecule has 0 spiro atoms. The zero-order chi connectivity index (χ0) is 15.2. The number of thiophene rings is 1. The highest BCUT2D eigenvalue weighted by atomic mass is 32.1. The minimum Gasteiger partial charge on any atom is -0.481 e. The standard InChI is InChI=1S/C16H16N2O2S/c1-11(13-6-4-12(10-17)5-7-13)18-14(9-16(19)20)15-3-2-8-21-15/h2-8,11,14,18H,9H2,1H3,(H,19,20). The summed E-state index contributed by atoms with van der Waals surface area (Å²) >= 11 is 1.55. The molecule has 0 aliphatic rings. The van der Waals surface area contributed by atoms with Crippen LogP contribution >= 0.6 is 11.3 Å². The van der Waals surface area contributed by atoms with E-state index in [-0.39, 0.29) is 18.5 Å². The highest BCUT2D eigenvalue weighted by Gasteiger charge is 2.19. The second kappa shape index (κ2) is 7.02. The molecular weight excluding hydrogens is 284 g/mol. The van der Waals surface area contributed by atoms with Gasteiger partial charge in [-0.2, -0.15) is 5.26 Å². The largest absolute Gasteiger partial charge is 0.481 e. The molecule has 0 fully saturated rings. The van der Waals surface area contributed by atoms with Gasteiger partial charge in [0.05, 0.1) is 24.1 Å². The van der Waals surface area contributed by atoms with Crippen molar-refractivity contribution in [1.82, 2.24) is 5.32 Å². The highest BCUT2D eigenvalue weighted by molar-refractivity contribution is 7.10. The Kier molecular flexibility index (Phi) is 5.09. The monoisotopic (exact) mass is 300 g/mol. The van der Waals surface area contributed by atoms with Crippen LogP contribution in [0.5, 0.6) is 0 Å². The summed E-state index contributed by atoms with van der Waals surface area (Å²) < 4.78 is 0. The smallest absolute Gasteiger partial charge is 0.305 e. The molecule has 0 aliphatic carbocycles. The van der Waals surface area contributed by atoms with Crippen LogP contribution in [0.3, 0.4) is 0 Å². The summed E-state index contributed by atoms with van der Waals surface area (Å²) in [7, 11) is 0. The van der Waals surface area contributed by atoms with Crippen molar-refractivity contribution in [2.45, 2.75) is 25.4 Å². The van der Waals surface area contributed by atoms with E-state index >= 15 is 0 Å². The lowest BCUT2D eigenvalue weighted by atomic mass is 10.0. The maximum atomic E-state index is 11.0. The molecule has 1 aromatic carbocycles. The Balaban J connectivity index is 2.11. The molecule has 0 saturated heterocycles. The fourth-order valence-electron chi connectivity index (χ4n) is 2.15. The molecule has 2 atom stereocenters. The van der Waals surface area contributed by atoms with Gasteiger partial charge in [0.15, 0.2) is 0 Å². The van der Waals surface area contributed by atoms with Crippen LogP contribution in [0.1, 0.15) is 41.4 Å². The molecule has 0 amide bonds. The molecule has 1 heterocycles. The number of hydrogen-bond acceptors (Lipinski definition) is 4. The third kappa shape index (κ3) is 4.15. The van der Waals surface area contributed by atoms with E-state index in [1.807, 2.05) is 36.6 Å². The Labute approximate surface area is 127 Å². The minimum absolute atomic E-state index is 0.00388. The molecule has 2 unspecified atom stereocenters. The normalized spacial score (nSPS) is 13.3. The van der Waals surface area contributed by atoms with E-state index in [0.717, 1.165) is 10.4 Å². The van der Waals surface area contributed by atoms with Crippen molar-refractivity contribution in [2.24, 2.45) is 0 Å². The summed E-state index contributed by atoms with van der Waals surface area (Å²) in [4.78, 5) is 12.0. The van der Waals surface area contributed by atoms with Gasteiger partial charge in [-0.15, -0.1) is 11.3 Å². The lowest BCUT2D eigenvalue weighted by Gasteiger charge is -2.21. The first-order chi connectivity index (χ1) is 10.1. The number of rotatable bonds is 6. The lowest BCUT2D eigenvalue weighted by Crippen LogP contribution is -2.26. The molecule has 2 rings (SSSR count). The maximum absolute atomic E-state index is 11.0. The van der Waals surface area contributed by atoms with Crippen molar-refractivity contribution < 1.29 is 9.90 Å². The number of carboxylic acids is 1. The predicted octanol–water partition coefficient (Wildman–Crippen LogP) is 3.49. The molecule has 21 heavy (non-hydrogen) atoms. The summed E-state index contributed by atoms with van der Waals surface area (Å²) in [6, 6.07) is 13.1. The fourth-order valence-corrected chi connectivity index (χ4v) is 2.94. The third-order valence-corrected chi connectivity index (χ3v) is 4.24. The van der Waals surface area contributed by atoms with E-state index in [1.165, 1.54) is 0 Å². The van der Waals surface area contributed by atoms with Gasteiger partial charge in [0, 0.05) is 10.9 Å². The van der Waals surface area contributed by atoms with Gasteiger partial charge in [0.1, 0.15) is 0 Å². The summed E-state index contributed by atoms with van der Waals surface area (Å²) in [6.07, 6.45) is 0.0428. The summed E-state index contributed by atoms with van der Waals surface area (Å²) in [5, 5.41) is 23.2. The first-order valence-electron chi connectivity index (χ1n) is 6.61. The summed E-state index contributed by atoms with van der Waals surface area (Å²) in [5.74, 6) is -0.826. The van der Waals surface area contributed by atoms with E-state index in [1.54, 1.807) is 23.5 Å². The predicted molar refractivity (Wildman–Crippen MR) is 82.0 cm³/mol. The number of nitrogens with zero attached hydrogens (tertiary/aromatic N) is 1. The Morgan fingerprint density at radius 2 is 2.10 bits per heavy atom. The van der Waals surface area contributed by atoms with Crippen LogP contribution < -0.4 is 5.32 Å². The van der Waals surface area contributed by atoms with Crippen LogP contribution in [0.25, 0.3) is 0 Å². The number of nitrogens with one attached hydrogen (secondary N) is 1. The molecule has 1 aromatic heterocycles. The van der Waals surface area contributed by atoms with E-state index < -0.39 is 5.97 Å². The Hall–Kier alpha value is -2.16. The first kappa shape index (κ1) is 15.2. The highest BCUT2D eigenvalue weighted by Crippen LogP contribution is 2.26. The van der Waals surface area contributed by atoms with Gasteiger partial charge in [-0.25, -0.2) is 0 Å². The molecule has 2 N–H and O–H groups in total. The molecule has 0 bridgehead atoms. The number of benzene rings is 1. The average Bonchev–Trinajstić information content (AvgIpc) is 3.00. The zero-order valence-corrected chi connectivity index (χ0v) is 12.4. The molecule has 0 aliphatic heterocycles. The van der Waals surface area contributed by atoms with Gasteiger partial charge in [0.25, 0.3) is 0 Å². The van der Waals surface area contributed by atoms with Crippen molar-refractivity contribution >= 4 is 17.3 Å². The number of nitriles is 1. The molecule has 4 nitrogen and oxygen atoms in total. The van der Waals surface area contributed by atoms with E-state index in [0.29, 0.717) is 5.56 Å². The zero-order valence-electron chi connectivity index (χ0n) is 11.6. The summed E-state index contributed by atoms with van der Waals surface area (Å²) in [5.41, 5.74) is 1.65. The number of carbonyl (C=O) groups is 1.